The van der Waals surface area contributed by atoms with Gasteiger partial charge < -0.3 is 15.5 Å². The first kappa shape index (κ1) is 16.8. The van der Waals surface area contributed by atoms with Gasteiger partial charge in [0.05, 0.1) is 5.92 Å². The summed E-state index contributed by atoms with van der Waals surface area (Å²) in [6.07, 6.45) is 0. The lowest BCUT2D eigenvalue weighted by molar-refractivity contribution is -0.137. The van der Waals surface area contributed by atoms with Crippen molar-refractivity contribution in [3.63, 3.8) is 0 Å². The van der Waals surface area contributed by atoms with Gasteiger partial charge in [-0.1, -0.05) is 18.5 Å². The van der Waals surface area contributed by atoms with E-state index in [1.54, 1.807) is 34.1 Å². The predicted molar refractivity (Wildman–Crippen MR) is 86.7 cm³/mol. The molecule has 1 aromatic carbocycles. The van der Waals surface area contributed by atoms with Gasteiger partial charge in [-0.3, -0.25) is 9.59 Å². The third kappa shape index (κ3) is 3.78. The Hall–Kier alpha value is -1.59. The highest BCUT2D eigenvalue weighted by Gasteiger charge is 2.28. The van der Waals surface area contributed by atoms with Crippen LogP contribution in [0.3, 0.4) is 0 Å². The number of hydrogen-bond acceptors (Lipinski definition) is 3. The standard InChI is InChI=1S/C16H22ClN3O2/c1-11(12(2)18)15(21)19-7-9-20(10-8-19)16(22)13-3-5-14(17)6-4-13/h3-6,11-12H,7-10,18H2,1-2H3. The molecule has 2 N–H and O–H groups in total. The minimum absolute atomic E-state index is 0.0241. The van der Waals surface area contributed by atoms with E-state index in [0.717, 1.165) is 0 Å². The zero-order valence-corrected chi connectivity index (χ0v) is 13.7. The summed E-state index contributed by atoms with van der Waals surface area (Å²) in [7, 11) is 0. The Labute approximate surface area is 136 Å². The molecule has 2 unspecified atom stereocenters. The van der Waals surface area contributed by atoms with Crippen LogP contribution in [0.5, 0.6) is 0 Å². The number of carbonyl (C=O) groups is 2. The highest BCUT2D eigenvalue weighted by atomic mass is 35.5. The molecular formula is C16H22ClN3O2. The molecule has 1 aromatic rings. The van der Waals surface area contributed by atoms with E-state index in [1.807, 2.05) is 13.8 Å². The lowest BCUT2D eigenvalue weighted by Crippen LogP contribution is -2.53. The van der Waals surface area contributed by atoms with Crippen LogP contribution in [0.2, 0.25) is 5.02 Å². The van der Waals surface area contributed by atoms with Gasteiger partial charge in [0.1, 0.15) is 0 Å². The first-order valence-electron chi connectivity index (χ1n) is 7.49. The molecule has 0 saturated carbocycles. The van der Waals surface area contributed by atoms with E-state index in [0.29, 0.717) is 36.8 Å². The fourth-order valence-electron chi connectivity index (χ4n) is 2.42. The number of carbonyl (C=O) groups excluding carboxylic acids is 2. The van der Waals surface area contributed by atoms with Gasteiger partial charge in [-0.25, -0.2) is 0 Å². The van der Waals surface area contributed by atoms with Gasteiger partial charge in [-0.15, -0.1) is 0 Å². The molecule has 1 fully saturated rings. The molecule has 1 saturated heterocycles. The van der Waals surface area contributed by atoms with Gasteiger partial charge in [0, 0.05) is 42.8 Å². The van der Waals surface area contributed by atoms with E-state index < -0.39 is 0 Å². The maximum Gasteiger partial charge on any atom is 0.253 e. The van der Waals surface area contributed by atoms with E-state index >= 15 is 0 Å². The van der Waals surface area contributed by atoms with Gasteiger partial charge in [0.15, 0.2) is 0 Å². The number of halogens is 1. The molecule has 0 spiro atoms. The van der Waals surface area contributed by atoms with Crippen LogP contribution in [0.4, 0.5) is 0 Å². The third-order valence-corrected chi connectivity index (χ3v) is 4.40. The van der Waals surface area contributed by atoms with E-state index in [1.165, 1.54) is 0 Å². The SMILES string of the molecule is CC(N)C(C)C(=O)N1CCN(C(=O)c2ccc(Cl)cc2)CC1. The highest BCUT2D eigenvalue weighted by molar-refractivity contribution is 6.30. The number of rotatable bonds is 3. The number of benzene rings is 1. The van der Waals surface area contributed by atoms with E-state index in [-0.39, 0.29) is 23.8 Å². The molecule has 120 valence electrons. The van der Waals surface area contributed by atoms with Crippen molar-refractivity contribution in [1.29, 1.82) is 0 Å². The van der Waals surface area contributed by atoms with Crippen LogP contribution in [-0.4, -0.2) is 53.8 Å². The van der Waals surface area contributed by atoms with Crippen molar-refractivity contribution < 1.29 is 9.59 Å². The van der Waals surface area contributed by atoms with Crippen LogP contribution in [0.15, 0.2) is 24.3 Å². The summed E-state index contributed by atoms with van der Waals surface area (Å²) in [6, 6.07) is 6.69. The van der Waals surface area contributed by atoms with Crippen LogP contribution < -0.4 is 5.73 Å². The Morgan fingerprint density at radius 1 is 1.05 bits per heavy atom. The maximum atomic E-state index is 12.4. The average Bonchev–Trinajstić information content (AvgIpc) is 2.53. The Morgan fingerprint density at radius 3 is 2.05 bits per heavy atom. The molecule has 2 amide bonds. The van der Waals surface area contributed by atoms with Crippen LogP contribution in [0.25, 0.3) is 0 Å². The highest BCUT2D eigenvalue weighted by Crippen LogP contribution is 2.14. The van der Waals surface area contributed by atoms with Crippen molar-refractivity contribution >= 4 is 23.4 Å². The Kier molecular flexibility index (Phi) is 5.42. The molecule has 6 heteroatoms. The molecule has 0 bridgehead atoms. The first-order valence-corrected chi connectivity index (χ1v) is 7.87. The second kappa shape index (κ2) is 7.11. The van der Waals surface area contributed by atoms with Crippen LogP contribution >= 0.6 is 11.6 Å². The fraction of sp³-hybridized carbons (Fsp3) is 0.500. The number of nitrogens with two attached hydrogens (primary N) is 1. The van der Waals surface area contributed by atoms with Gasteiger partial charge in [-0.2, -0.15) is 0 Å². The molecule has 0 radical (unpaired) electrons. The van der Waals surface area contributed by atoms with Gasteiger partial charge in [0.2, 0.25) is 5.91 Å². The number of piperazine rings is 1. The van der Waals surface area contributed by atoms with Crippen LogP contribution in [0, 0.1) is 5.92 Å². The van der Waals surface area contributed by atoms with Gasteiger partial charge in [-0.05, 0) is 31.2 Å². The zero-order chi connectivity index (χ0) is 16.3. The number of amides is 2. The zero-order valence-electron chi connectivity index (χ0n) is 13.0. The molecule has 1 heterocycles. The Balaban J connectivity index is 1.93. The summed E-state index contributed by atoms with van der Waals surface area (Å²) in [5.41, 5.74) is 6.40. The van der Waals surface area contributed by atoms with Crippen LogP contribution in [0.1, 0.15) is 24.2 Å². The molecule has 22 heavy (non-hydrogen) atoms. The van der Waals surface area contributed by atoms with Crippen molar-refractivity contribution in [2.75, 3.05) is 26.2 Å². The van der Waals surface area contributed by atoms with Crippen molar-refractivity contribution in [2.24, 2.45) is 11.7 Å². The van der Waals surface area contributed by atoms with E-state index in [2.05, 4.69) is 0 Å². The average molecular weight is 324 g/mol. The molecule has 5 nitrogen and oxygen atoms in total. The monoisotopic (exact) mass is 323 g/mol. The normalized spacial score (nSPS) is 18.0. The van der Waals surface area contributed by atoms with Crippen molar-refractivity contribution in [1.82, 2.24) is 9.80 Å². The minimum Gasteiger partial charge on any atom is -0.339 e. The lowest BCUT2D eigenvalue weighted by Gasteiger charge is -2.36. The van der Waals surface area contributed by atoms with Crippen molar-refractivity contribution in [2.45, 2.75) is 19.9 Å². The Morgan fingerprint density at radius 2 is 1.55 bits per heavy atom. The maximum absolute atomic E-state index is 12.4. The van der Waals surface area contributed by atoms with E-state index in [9.17, 15) is 9.59 Å². The molecule has 0 aromatic heterocycles. The van der Waals surface area contributed by atoms with Gasteiger partial charge in [0.25, 0.3) is 5.91 Å². The predicted octanol–water partition coefficient (Wildman–Crippen LogP) is 1.61. The lowest BCUT2D eigenvalue weighted by atomic mass is 10.0. The van der Waals surface area contributed by atoms with Crippen LogP contribution in [-0.2, 0) is 4.79 Å². The second-order valence-corrected chi connectivity index (χ2v) is 6.21. The molecule has 1 aliphatic heterocycles. The summed E-state index contributed by atoms with van der Waals surface area (Å²) in [4.78, 5) is 28.2. The topological polar surface area (TPSA) is 66.6 Å². The molecule has 1 aliphatic rings. The Bertz CT molecular complexity index is 537. The number of nitrogens with zero attached hydrogens (tertiary/aromatic N) is 2. The fourth-order valence-corrected chi connectivity index (χ4v) is 2.54. The molecule has 0 aliphatic carbocycles. The summed E-state index contributed by atoms with van der Waals surface area (Å²) in [5, 5.41) is 0.608. The first-order chi connectivity index (χ1) is 10.4. The van der Waals surface area contributed by atoms with E-state index in [4.69, 9.17) is 17.3 Å². The summed E-state index contributed by atoms with van der Waals surface area (Å²) < 4.78 is 0. The second-order valence-electron chi connectivity index (χ2n) is 5.77. The molecule has 2 rings (SSSR count). The third-order valence-electron chi connectivity index (χ3n) is 4.15. The quantitative estimate of drug-likeness (QED) is 0.919. The van der Waals surface area contributed by atoms with Gasteiger partial charge >= 0.3 is 0 Å². The molecule has 2 atom stereocenters. The summed E-state index contributed by atoms with van der Waals surface area (Å²) in [5.74, 6) is -0.156. The smallest absolute Gasteiger partial charge is 0.253 e. The summed E-state index contributed by atoms with van der Waals surface area (Å²) >= 11 is 5.83. The summed E-state index contributed by atoms with van der Waals surface area (Å²) in [6.45, 7) is 5.86. The van der Waals surface area contributed by atoms with Crippen molar-refractivity contribution in [3.05, 3.63) is 34.9 Å². The molecular weight excluding hydrogens is 302 g/mol. The minimum atomic E-state index is -0.196. The number of hydrogen-bond donors (Lipinski definition) is 1. The largest absolute Gasteiger partial charge is 0.339 e. The van der Waals surface area contributed by atoms with Crippen molar-refractivity contribution in [3.8, 4) is 0 Å².